The average molecular weight is 361 g/mol. The van der Waals surface area contributed by atoms with Crippen molar-refractivity contribution in [3.8, 4) is 5.75 Å². The van der Waals surface area contributed by atoms with Crippen LogP contribution < -0.4 is 10.1 Å². The van der Waals surface area contributed by atoms with Gasteiger partial charge in [-0.1, -0.05) is 27.2 Å². The minimum atomic E-state index is -1.53. The van der Waals surface area contributed by atoms with E-state index in [4.69, 9.17) is 4.74 Å². The van der Waals surface area contributed by atoms with Crippen molar-refractivity contribution >= 4 is 11.9 Å². The van der Waals surface area contributed by atoms with Gasteiger partial charge in [-0.05, 0) is 18.4 Å². The van der Waals surface area contributed by atoms with Crippen molar-refractivity contribution in [1.82, 2.24) is 5.32 Å². The number of ether oxygens (including phenoxy) is 2. The normalized spacial score (nSPS) is 12.0. The second-order valence-electron chi connectivity index (χ2n) is 5.78. The molecule has 1 unspecified atom stereocenters. The fourth-order valence-electron chi connectivity index (χ4n) is 2.05. The van der Waals surface area contributed by atoms with Crippen molar-refractivity contribution < 1.29 is 32.2 Å². The van der Waals surface area contributed by atoms with E-state index in [1.165, 1.54) is 0 Å². The van der Waals surface area contributed by atoms with Gasteiger partial charge >= 0.3 is 5.97 Å². The number of carbonyl (C=O) groups excluding carboxylic acids is 2. The minimum absolute atomic E-state index is 0.196. The first kappa shape index (κ1) is 20.8. The number of hydrogen-bond donors (Lipinski definition) is 1. The molecule has 8 heteroatoms. The summed E-state index contributed by atoms with van der Waals surface area (Å²) in [6.07, 6.45) is 1.49. The largest absolute Gasteiger partial charge is 0.491 e. The molecule has 0 bridgehead atoms. The third kappa shape index (κ3) is 5.11. The van der Waals surface area contributed by atoms with Crippen LogP contribution in [-0.4, -0.2) is 31.6 Å². The van der Waals surface area contributed by atoms with Crippen LogP contribution in [0.1, 0.15) is 44.0 Å². The lowest BCUT2D eigenvalue weighted by atomic mass is 10.0. The molecule has 1 aromatic carbocycles. The van der Waals surface area contributed by atoms with E-state index in [0.717, 1.165) is 13.5 Å². The zero-order valence-corrected chi connectivity index (χ0v) is 14.6. The molecular formula is C17H22F3NO4. The third-order valence-electron chi connectivity index (χ3n) is 3.51. The third-order valence-corrected chi connectivity index (χ3v) is 3.51. The summed E-state index contributed by atoms with van der Waals surface area (Å²) < 4.78 is 50.6. The Balaban J connectivity index is 3.02. The summed E-state index contributed by atoms with van der Waals surface area (Å²) in [5, 5.41) is 2.30. The Morgan fingerprint density at radius 1 is 1.20 bits per heavy atom. The topological polar surface area (TPSA) is 64.6 Å². The number of esters is 1. The van der Waals surface area contributed by atoms with E-state index in [1.54, 1.807) is 13.8 Å². The van der Waals surface area contributed by atoms with Crippen molar-refractivity contribution in [1.29, 1.82) is 0 Å². The van der Waals surface area contributed by atoms with Crippen LogP contribution in [0.15, 0.2) is 6.07 Å². The zero-order valence-electron chi connectivity index (χ0n) is 14.6. The summed E-state index contributed by atoms with van der Waals surface area (Å²) in [7, 11) is 0.949. The number of nitrogens with one attached hydrogen (secondary N) is 1. The van der Waals surface area contributed by atoms with Crippen molar-refractivity contribution in [2.24, 2.45) is 5.92 Å². The number of carbonyl (C=O) groups is 2. The second-order valence-corrected chi connectivity index (χ2v) is 5.78. The molecule has 0 aliphatic rings. The number of unbranched alkanes of at least 4 members (excludes halogenated alkanes) is 1. The maximum atomic E-state index is 14.2. The second kappa shape index (κ2) is 9.29. The molecule has 0 aromatic heterocycles. The van der Waals surface area contributed by atoms with Crippen molar-refractivity contribution in [2.45, 2.75) is 39.7 Å². The summed E-state index contributed by atoms with van der Waals surface area (Å²) in [6.45, 7) is 5.44. The fraction of sp³-hybridized carbons (Fsp3) is 0.529. The first-order chi connectivity index (χ1) is 11.7. The lowest BCUT2D eigenvalue weighted by Gasteiger charge is -2.21. The van der Waals surface area contributed by atoms with Crippen LogP contribution in [0, 0.1) is 23.4 Å². The van der Waals surface area contributed by atoms with Crippen LogP contribution in [0.2, 0.25) is 0 Å². The molecule has 0 heterocycles. The Bertz CT molecular complexity index is 635. The van der Waals surface area contributed by atoms with E-state index in [2.05, 4.69) is 10.1 Å². The van der Waals surface area contributed by atoms with E-state index >= 15 is 0 Å². The molecule has 25 heavy (non-hydrogen) atoms. The highest BCUT2D eigenvalue weighted by Gasteiger charge is 2.29. The van der Waals surface area contributed by atoms with Crippen molar-refractivity contribution in [3.05, 3.63) is 29.1 Å². The minimum Gasteiger partial charge on any atom is -0.491 e. The lowest BCUT2D eigenvalue weighted by molar-refractivity contribution is -0.147. The standard InChI is InChI=1S/C17H22F3NO4/c1-5-6-7-25-17(23)14(9(2)3)21-16(22)10-8-11(18)13(20)15(24-4)12(10)19/h8-9,14H,5-7H2,1-4H3,(H,21,22). The monoisotopic (exact) mass is 361 g/mol. The molecule has 0 saturated carbocycles. The number of hydrogen-bond acceptors (Lipinski definition) is 4. The molecule has 0 fully saturated rings. The molecule has 1 atom stereocenters. The highest BCUT2D eigenvalue weighted by Crippen LogP contribution is 2.27. The predicted octanol–water partition coefficient (Wildman–Crippen LogP) is 3.21. The molecule has 0 aliphatic carbocycles. The van der Waals surface area contributed by atoms with Gasteiger partial charge in [-0.3, -0.25) is 4.79 Å². The maximum absolute atomic E-state index is 14.2. The maximum Gasteiger partial charge on any atom is 0.328 e. The highest BCUT2D eigenvalue weighted by molar-refractivity contribution is 5.97. The fourth-order valence-corrected chi connectivity index (χ4v) is 2.05. The molecule has 0 saturated heterocycles. The lowest BCUT2D eigenvalue weighted by Crippen LogP contribution is -2.45. The van der Waals surface area contributed by atoms with Gasteiger partial charge in [0.1, 0.15) is 6.04 Å². The number of amides is 1. The number of rotatable bonds is 8. The number of benzene rings is 1. The van der Waals surface area contributed by atoms with Crippen LogP contribution in [0.3, 0.4) is 0 Å². The number of halogens is 3. The SMILES string of the molecule is CCCCOC(=O)C(NC(=O)c1cc(F)c(F)c(OC)c1F)C(C)C. The Labute approximate surface area is 144 Å². The van der Waals surface area contributed by atoms with Gasteiger partial charge in [0.25, 0.3) is 5.91 Å². The molecule has 1 amide bonds. The molecule has 5 nitrogen and oxygen atoms in total. The number of methoxy groups -OCH3 is 1. The molecular weight excluding hydrogens is 339 g/mol. The van der Waals surface area contributed by atoms with Gasteiger partial charge in [-0.2, -0.15) is 4.39 Å². The smallest absolute Gasteiger partial charge is 0.328 e. The summed E-state index contributed by atoms with van der Waals surface area (Å²) in [6, 6.07) is -0.634. The molecule has 140 valence electrons. The Kier molecular flexibility index (Phi) is 7.73. The Morgan fingerprint density at radius 2 is 1.84 bits per heavy atom. The summed E-state index contributed by atoms with van der Waals surface area (Å²) in [5.74, 6) is -7.41. The molecule has 1 N–H and O–H groups in total. The van der Waals surface area contributed by atoms with Crippen LogP contribution in [0.4, 0.5) is 13.2 Å². The van der Waals surface area contributed by atoms with Crippen LogP contribution in [0.5, 0.6) is 5.75 Å². The quantitative estimate of drug-likeness (QED) is 0.439. The summed E-state index contributed by atoms with van der Waals surface area (Å²) >= 11 is 0. The summed E-state index contributed by atoms with van der Waals surface area (Å²) in [4.78, 5) is 24.3. The van der Waals surface area contributed by atoms with E-state index in [9.17, 15) is 22.8 Å². The van der Waals surface area contributed by atoms with Crippen LogP contribution in [-0.2, 0) is 9.53 Å². The molecule has 0 aliphatic heterocycles. The van der Waals surface area contributed by atoms with Gasteiger partial charge < -0.3 is 14.8 Å². The van der Waals surface area contributed by atoms with Gasteiger partial charge in [0, 0.05) is 0 Å². The van der Waals surface area contributed by atoms with Gasteiger partial charge in [0.15, 0.2) is 17.4 Å². The van der Waals surface area contributed by atoms with Gasteiger partial charge in [0.2, 0.25) is 5.82 Å². The zero-order chi connectivity index (χ0) is 19.1. The average Bonchev–Trinajstić information content (AvgIpc) is 2.56. The van der Waals surface area contributed by atoms with E-state index < -0.39 is 46.7 Å². The van der Waals surface area contributed by atoms with E-state index in [-0.39, 0.29) is 12.5 Å². The van der Waals surface area contributed by atoms with Gasteiger partial charge in [0.05, 0.1) is 19.3 Å². The Hall–Kier alpha value is -2.25. The van der Waals surface area contributed by atoms with Crippen LogP contribution >= 0.6 is 0 Å². The van der Waals surface area contributed by atoms with Crippen molar-refractivity contribution in [2.75, 3.05) is 13.7 Å². The predicted molar refractivity (Wildman–Crippen MR) is 84.8 cm³/mol. The molecule has 0 radical (unpaired) electrons. The summed E-state index contributed by atoms with van der Waals surface area (Å²) in [5.41, 5.74) is -0.761. The van der Waals surface area contributed by atoms with Gasteiger partial charge in [-0.15, -0.1) is 0 Å². The first-order valence-corrected chi connectivity index (χ1v) is 7.93. The highest BCUT2D eigenvalue weighted by atomic mass is 19.2. The molecule has 0 spiro atoms. The molecule has 1 rings (SSSR count). The first-order valence-electron chi connectivity index (χ1n) is 7.93. The van der Waals surface area contributed by atoms with E-state index in [1.807, 2.05) is 6.92 Å². The van der Waals surface area contributed by atoms with E-state index in [0.29, 0.717) is 12.5 Å². The molecule has 1 aromatic rings. The Morgan fingerprint density at radius 3 is 2.36 bits per heavy atom. The van der Waals surface area contributed by atoms with Crippen LogP contribution in [0.25, 0.3) is 0 Å². The van der Waals surface area contributed by atoms with Crippen molar-refractivity contribution in [3.63, 3.8) is 0 Å². The van der Waals surface area contributed by atoms with Gasteiger partial charge in [-0.25, -0.2) is 13.6 Å².